The predicted octanol–water partition coefficient (Wildman–Crippen LogP) is 2.38. The van der Waals surface area contributed by atoms with Crippen molar-refractivity contribution >= 4 is 31.6 Å². The summed E-state index contributed by atoms with van der Waals surface area (Å²) in [5, 5.41) is 0. The molecule has 0 saturated heterocycles. The molecule has 6 heteroatoms. The monoisotopic (exact) mass is 292 g/mol. The summed E-state index contributed by atoms with van der Waals surface area (Å²) in [5.74, 6) is 0. The predicted molar refractivity (Wildman–Crippen MR) is 64.2 cm³/mol. The minimum absolute atomic E-state index is 0.458. The average Bonchev–Trinajstić information content (AvgIpc) is 2.00. The molecular weight excluding hydrogens is 280 g/mol. The first-order valence-electron chi connectivity index (χ1n) is 4.35. The van der Waals surface area contributed by atoms with Crippen LogP contribution in [-0.4, -0.2) is 18.1 Å². The van der Waals surface area contributed by atoms with Crippen molar-refractivity contribution in [3.63, 3.8) is 0 Å². The number of rotatable bonds is 2. The van der Waals surface area contributed by atoms with Crippen LogP contribution >= 0.6 is 15.9 Å². The lowest BCUT2D eigenvalue weighted by Crippen LogP contribution is -2.33. The zero-order valence-electron chi connectivity index (χ0n) is 8.78. The Morgan fingerprint density at radius 1 is 1.33 bits per heavy atom. The molecule has 0 unspecified atom stereocenters. The first-order chi connectivity index (χ1) is 6.72. The molecule has 0 fully saturated rings. The zero-order chi connectivity index (χ0) is 11.7. The molecule has 0 aliphatic heterocycles. The van der Waals surface area contributed by atoms with Gasteiger partial charge >= 0.3 is 0 Å². The number of aromatic nitrogens is 1. The molecule has 0 aliphatic rings. The molecule has 4 nitrogen and oxygen atoms in total. The lowest BCUT2D eigenvalue weighted by molar-refractivity contribution is 0.566. The molecule has 0 amide bonds. The van der Waals surface area contributed by atoms with E-state index in [1.807, 2.05) is 0 Å². The van der Waals surface area contributed by atoms with Crippen molar-refractivity contribution in [3.05, 3.63) is 22.9 Å². The van der Waals surface area contributed by atoms with Gasteiger partial charge in [-0.15, -0.1) is 0 Å². The molecule has 15 heavy (non-hydrogen) atoms. The van der Waals surface area contributed by atoms with Gasteiger partial charge in [0.15, 0.2) is 0 Å². The van der Waals surface area contributed by atoms with Crippen molar-refractivity contribution in [1.29, 1.82) is 0 Å². The molecular formula is C9H13BrN2O2S. The minimum Gasteiger partial charge on any atom is -0.282 e. The number of nitrogens with zero attached hydrogens (tertiary/aromatic N) is 1. The molecule has 0 aromatic carbocycles. The molecule has 0 radical (unpaired) electrons. The fourth-order valence-electron chi connectivity index (χ4n) is 0.776. The number of pyridine rings is 1. The first kappa shape index (κ1) is 12.4. The molecule has 84 valence electrons. The maximum Gasteiger partial charge on any atom is 0.237 e. The van der Waals surface area contributed by atoms with Gasteiger partial charge in [-0.1, -0.05) is 0 Å². The lowest BCUT2D eigenvalue weighted by Gasteiger charge is -2.20. The van der Waals surface area contributed by atoms with E-state index in [0.717, 1.165) is 4.47 Å². The third-order valence-electron chi connectivity index (χ3n) is 1.76. The number of anilines is 1. The lowest BCUT2D eigenvalue weighted by atomic mass is 10.3. The van der Waals surface area contributed by atoms with E-state index in [1.165, 1.54) is 6.20 Å². The van der Waals surface area contributed by atoms with Crippen molar-refractivity contribution in [2.75, 3.05) is 4.72 Å². The van der Waals surface area contributed by atoms with Gasteiger partial charge in [-0.05, 0) is 42.8 Å². The highest BCUT2D eigenvalue weighted by Crippen LogP contribution is 2.20. The van der Waals surface area contributed by atoms with Gasteiger partial charge in [0.1, 0.15) is 0 Å². The van der Waals surface area contributed by atoms with Crippen LogP contribution in [0.2, 0.25) is 0 Å². The molecule has 0 spiro atoms. The molecule has 1 heterocycles. The van der Waals surface area contributed by atoms with Gasteiger partial charge in [-0.25, -0.2) is 8.42 Å². The van der Waals surface area contributed by atoms with E-state index in [9.17, 15) is 8.42 Å². The minimum atomic E-state index is -3.38. The third-order valence-corrected chi connectivity index (χ3v) is 4.31. The summed E-state index contributed by atoms with van der Waals surface area (Å²) in [6, 6.07) is 1.66. The van der Waals surface area contributed by atoms with Gasteiger partial charge in [0.2, 0.25) is 10.0 Å². The number of hydrogen-bond acceptors (Lipinski definition) is 3. The van der Waals surface area contributed by atoms with Gasteiger partial charge < -0.3 is 0 Å². The van der Waals surface area contributed by atoms with E-state index in [2.05, 4.69) is 25.6 Å². The molecule has 0 bridgehead atoms. The first-order valence-corrected chi connectivity index (χ1v) is 6.63. The Kier molecular flexibility index (Phi) is 3.40. The summed E-state index contributed by atoms with van der Waals surface area (Å²) in [6.07, 6.45) is 3.06. The fraction of sp³-hybridized carbons (Fsp3) is 0.444. The number of sulfonamides is 1. The van der Waals surface area contributed by atoms with E-state index < -0.39 is 14.8 Å². The summed E-state index contributed by atoms with van der Waals surface area (Å²) < 4.78 is 25.9. The van der Waals surface area contributed by atoms with Gasteiger partial charge in [-0.3, -0.25) is 9.71 Å². The van der Waals surface area contributed by atoms with E-state index >= 15 is 0 Å². The van der Waals surface area contributed by atoms with Gasteiger partial charge in [0.25, 0.3) is 0 Å². The molecule has 0 aliphatic carbocycles. The summed E-state index contributed by atoms with van der Waals surface area (Å²) in [6.45, 7) is 4.92. The molecule has 1 N–H and O–H groups in total. The Bertz CT molecular complexity index is 451. The van der Waals surface area contributed by atoms with Crippen LogP contribution in [0.4, 0.5) is 5.69 Å². The number of hydrogen-bond donors (Lipinski definition) is 1. The molecule has 1 aromatic rings. The second kappa shape index (κ2) is 4.09. The van der Waals surface area contributed by atoms with Crippen LogP contribution in [0.25, 0.3) is 0 Å². The summed E-state index contributed by atoms with van der Waals surface area (Å²) in [4.78, 5) is 3.88. The normalized spacial score (nSPS) is 12.5. The average molecular weight is 293 g/mol. The largest absolute Gasteiger partial charge is 0.282 e. The van der Waals surface area contributed by atoms with Crippen molar-refractivity contribution < 1.29 is 8.42 Å². The molecule has 0 saturated carbocycles. The quantitative estimate of drug-likeness (QED) is 0.910. The fourth-order valence-corrected chi connectivity index (χ4v) is 1.87. The van der Waals surface area contributed by atoms with E-state index in [-0.39, 0.29) is 0 Å². The zero-order valence-corrected chi connectivity index (χ0v) is 11.2. The molecule has 0 atom stereocenters. The highest BCUT2D eigenvalue weighted by Gasteiger charge is 2.28. The van der Waals surface area contributed by atoms with Crippen molar-refractivity contribution in [3.8, 4) is 0 Å². The van der Waals surface area contributed by atoms with Crippen LogP contribution in [-0.2, 0) is 10.0 Å². The van der Waals surface area contributed by atoms with Crippen LogP contribution < -0.4 is 4.72 Å². The highest BCUT2D eigenvalue weighted by atomic mass is 79.9. The van der Waals surface area contributed by atoms with Crippen LogP contribution in [0.3, 0.4) is 0 Å². The Morgan fingerprint density at radius 3 is 2.40 bits per heavy atom. The Hall–Kier alpha value is -0.620. The van der Waals surface area contributed by atoms with E-state index in [4.69, 9.17) is 0 Å². The number of halogens is 1. The Morgan fingerprint density at radius 2 is 1.93 bits per heavy atom. The summed E-state index contributed by atoms with van der Waals surface area (Å²) >= 11 is 3.22. The van der Waals surface area contributed by atoms with E-state index in [1.54, 1.807) is 33.0 Å². The van der Waals surface area contributed by atoms with Gasteiger partial charge in [-0.2, -0.15) is 0 Å². The number of nitrogens with one attached hydrogen (secondary N) is 1. The van der Waals surface area contributed by atoms with Crippen LogP contribution in [0, 0.1) is 0 Å². The highest BCUT2D eigenvalue weighted by molar-refractivity contribution is 9.10. The third kappa shape index (κ3) is 3.17. The Labute approximate surface area is 98.3 Å². The standard InChI is InChI=1S/C9H13BrN2O2S/c1-9(2,3)15(13,14)12-8-4-7(10)5-11-6-8/h4-6,12H,1-3H3. The summed E-state index contributed by atoms with van der Waals surface area (Å²) in [5.41, 5.74) is 0.458. The van der Waals surface area contributed by atoms with Crippen molar-refractivity contribution in [2.45, 2.75) is 25.5 Å². The van der Waals surface area contributed by atoms with Gasteiger partial charge in [0.05, 0.1) is 16.6 Å². The van der Waals surface area contributed by atoms with Crippen LogP contribution in [0.5, 0.6) is 0 Å². The molecule has 1 rings (SSSR count). The summed E-state index contributed by atoms with van der Waals surface area (Å²) in [7, 11) is -3.38. The van der Waals surface area contributed by atoms with E-state index in [0.29, 0.717) is 5.69 Å². The smallest absolute Gasteiger partial charge is 0.237 e. The Balaban J connectivity index is 2.98. The van der Waals surface area contributed by atoms with Crippen molar-refractivity contribution in [2.24, 2.45) is 0 Å². The topological polar surface area (TPSA) is 59.1 Å². The van der Waals surface area contributed by atoms with Crippen LogP contribution in [0.15, 0.2) is 22.9 Å². The second-order valence-corrected chi connectivity index (χ2v) is 7.46. The molecule has 1 aromatic heterocycles. The maximum absolute atomic E-state index is 11.8. The second-order valence-electron chi connectivity index (χ2n) is 4.11. The SMILES string of the molecule is CC(C)(C)S(=O)(=O)Nc1cncc(Br)c1. The van der Waals surface area contributed by atoms with Crippen molar-refractivity contribution in [1.82, 2.24) is 4.98 Å². The maximum atomic E-state index is 11.8. The van der Waals surface area contributed by atoms with Crippen LogP contribution in [0.1, 0.15) is 20.8 Å². The van der Waals surface area contributed by atoms with Gasteiger partial charge in [0, 0.05) is 10.7 Å².